The lowest BCUT2D eigenvalue weighted by molar-refractivity contribution is -0.156. The van der Waals surface area contributed by atoms with Crippen LogP contribution in [0.15, 0.2) is 30.3 Å². The van der Waals surface area contributed by atoms with Gasteiger partial charge in [0.15, 0.2) is 0 Å². The van der Waals surface area contributed by atoms with Gasteiger partial charge in [-0.15, -0.1) is 12.4 Å². The number of carbonyl (C=O) groups is 1. The maximum absolute atomic E-state index is 12.2. The van der Waals surface area contributed by atoms with Crippen molar-refractivity contribution >= 4 is 18.5 Å². The minimum absolute atomic E-state index is 0. The standard InChI is InChI=1S/C17H24N2O3.ClH/c1-17(2,3)22-16(20)19(13-9-5-8-12-18)21-14-15-10-6-4-7-11-15;/h4,6-7,10-11H,5,8-9,13-14H2,1-3H3;1H. The van der Waals surface area contributed by atoms with Gasteiger partial charge in [0.25, 0.3) is 0 Å². The van der Waals surface area contributed by atoms with Crippen LogP contribution in [0.1, 0.15) is 45.6 Å². The number of unbranched alkanes of at least 4 members (excludes halogenated alkanes) is 2. The fourth-order valence-corrected chi connectivity index (χ4v) is 1.71. The molecule has 0 saturated heterocycles. The van der Waals surface area contributed by atoms with Crippen LogP contribution in [0.2, 0.25) is 0 Å². The lowest BCUT2D eigenvalue weighted by Gasteiger charge is -2.26. The van der Waals surface area contributed by atoms with E-state index in [0.29, 0.717) is 26.0 Å². The monoisotopic (exact) mass is 340 g/mol. The number of nitriles is 1. The van der Waals surface area contributed by atoms with Crippen molar-refractivity contribution in [1.82, 2.24) is 5.06 Å². The van der Waals surface area contributed by atoms with Crippen molar-refractivity contribution < 1.29 is 14.4 Å². The third kappa shape index (κ3) is 9.77. The topological polar surface area (TPSA) is 62.6 Å². The number of hydrogen-bond donors (Lipinski definition) is 0. The molecule has 0 N–H and O–H groups in total. The summed E-state index contributed by atoms with van der Waals surface area (Å²) in [7, 11) is 0. The summed E-state index contributed by atoms with van der Waals surface area (Å²) in [6.07, 6.45) is 1.40. The molecule has 0 heterocycles. The van der Waals surface area contributed by atoms with Gasteiger partial charge < -0.3 is 4.74 Å². The quantitative estimate of drug-likeness (QED) is 0.542. The molecule has 1 amide bonds. The molecule has 1 aromatic carbocycles. The van der Waals surface area contributed by atoms with Gasteiger partial charge in [-0.3, -0.25) is 4.84 Å². The second-order valence-corrected chi connectivity index (χ2v) is 5.96. The molecule has 1 aromatic rings. The Morgan fingerprint density at radius 2 is 1.87 bits per heavy atom. The van der Waals surface area contributed by atoms with Crippen molar-refractivity contribution in [2.75, 3.05) is 6.54 Å². The molecule has 0 bridgehead atoms. The summed E-state index contributed by atoms with van der Waals surface area (Å²) in [6.45, 7) is 6.16. The Hall–Kier alpha value is -1.77. The maximum Gasteiger partial charge on any atom is 0.434 e. The molecule has 1 rings (SSSR count). The van der Waals surface area contributed by atoms with Gasteiger partial charge in [-0.1, -0.05) is 30.3 Å². The van der Waals surface area contributed by atoms with Crippen molar-refractivity contribution in [2.45, 2.75) is 52.2 Å². The van der Waals surface area contributed by atoms with E-state index in [2.05, 4.69) is 6.07 Å². The molecule has 0 radical (unpaired) electrons. The van der Waals surface area contributed by atoms with Crippen LogP contribution in [0, 0.1) is 11.3 Å². The molecular weight excluding hydrogens is 316 g/mol. The Balaban J connectivity index is 0.00000484. The Morgan fingerprint density at radius 1 is 1.22 bits per heavy atom. The van der Waals surface area contributed by atoms with E-state index in [-0.39, 0.29) is 12.4 Å². The minimum Gasteiger partial charge on any atom is -0.442 e. The molecule has 5 nitrogen and oxygen atoms in total. The molecule has 0 saturated carbocycles. The Morgan fingerprint density at radius 3 is 2.43 bits per heavy atom. The van der Waals surface area contributed by atoms with Crippen LogP contribution in [-0.4, -0.2) is 23.3 Å². The molecule has 0 aliphatic heterocycles. The smallest absolute Gasteiger partial charge is 0.434 e. The number of benzene rings is 1. The zero-order valence-corrected chi connectivity index (χ0v) is 14.8. The van der Waals surface area contributed by atoms with Gasteiger partial charge in [-0.25, -0.2) is 4.79 Å². The molecule has 0 atom stereocenters. The summed E-state index contributed by atoms with van der Waals surface area (Å²) in [4.78, 5) is 17.7. The predicted molar refractivity (Wildman–Crippen MR) is 90.9 cm³/mol. The third-order valence-electron chi connectivity index (χ3n) is 2.73. The van der Waals surface area contributed by atoms with Crippen LogP contribution in [0.3, 0.4) is 0 Å². The molecule has 0 fully saturated rings. The number of carbonyl (C=O) groups excluding carboxylic acids is 1. The Bertz CT molecular complexity index is 495. The molecule has 6 heteroatoms. The van der Waals surface area contributed by atoms with E-state index in [1.807, 2.05) is 51.1 Å². The maximum atomic E-state index is 12.2. The van der Waals surface area contributed by atoms with Gasteiger partial charge in [0, 0.05) is 6.42 Å². The van der Waals surface area contributed by atoms with Crippen molar-refractivity contribution in [3.05, 3.63) is 35.9 Å². The second-order valence-electron chi connectivity index (χ2n) is 5.96. The lowest BCUT2D eigenvalue weighted by atomic mass is 10.2. The first-order valence-electron chi connectivity index (χ1n) is 7.46. The van der Waals surface area contributed by atoms with Gasteiger partial charge >= 0.3 is 6.09 Å². The van der Waals surface area contributed by atoms with Crippen LogP contribution < -0.4 is 0 Å². The number of hydroxylamine groups is 2. The summed E-state index contributed by atoms with van der Waals surface area (Å²) in [5, 5.41) is 9.80. The highest BCUT2D eigenvalue weighted by molar-refractivity contribution is 5.85. The van der Waals surface area contributed by atoms with E-state index < -0.39 is 11.7 Å². The van der Waals surface area contributed by atoms with Crippen molar-refractivity contribution in [1.29, 1.82) is 5.26 Å². The van der Waals surface area contributed by atoms with Crippen LogP contribution >= 0.6 is 12.4 Å². The summed E-state index contributed by atoms with van der Waals surface area (Å²) in [5.74, 6) is 0. The van der Waals surface area contributed by atoms with Crippen LogP contribution in [-0.2, 0) is 16.2 Å². The van der Waals surface area contributed by atoms with Crippen molar-refractivity contribution in [3.8, 4) is 6.07 Å². The van der Waals surface area contributed by atoms with Gasteiger partial charge in [-0.2, -0.15) is 10.3 Å². The molecule has 23 heavy (non-hydrogen) atoms. The van der Waals surface area contributed by atoms with Gasteiger partial charge in [-0.05, 0) is 39.2 Å². The minimum atomic E-state index is -0.571. The molecule has 128 valence electrons. The highest BCUT2D eigenvalue weighted by Gasteiger charge is 2.22. The number of amides is 1. The summed E-state index contributed by atoms with van der Waals surface area (Å²) in [5.41, 5.74) is 0.408. The summed E-state index contributed by atoms with van der Waals surface area (Å²) >= 11 is 0. The van der Waals surface area contributed by atoms with Gasteiger partial charge in [0.1, 0.15) is 12.2 Å². The van der Waals surface area contributed by atoms with E-state index >= 15 is 0 Å². The first kappa shape index (κ1) is 21.2. The van der Waals surface area contributed by atoms with E-state index in [0.717, 1.165) is 12.0 Å². The average molecular weight is 341 g/mol. The lowest BCUT2D eigenvalue weighted by Crippen LogP contribution is -2.37. The zero-order valence-electron chi connectivity index (χ0n) is 13.9. The summed E-state index contributed by atoms with van der Waals surface area (Å²) in [6, 6.07) is 11.7. The van der Waals surface area contributed by atoms with E-state index in [9.17, 15) is 4.79 Å². The highest BCUT2D eigenvalue weighted by Crippen LogP contribution is 2.12. The van der Waals surface area contributed by atoms with Gasteiger partial charge in [0.05, 0.1) is 12.6 Å². The highest BCUT2D eigenvalue weighted by atomic mass is 35.5. The SMILES string of the molecule is CC(C)(C)OC(=O)N(CCCCC#N)OCc1ccccc1.Cl. The van der Waals surface area contributed by atoms with Crippen molar-refractivity contribution in [2.24, 2.45) is 0 Å². The first-order chi connectivity index (χ1) is 10.4. The Kier molecular flexibility index (Phi) is 10.0. The van der Waals surface area contributed by atoms with E-state index in [1.165, 1.54) is 5.06 Å². The largest absolute Gasteiger partial charge is 0.442 e. The summed E-state index contributed by atoms with van der Waals surface area (Å²) < 4.78 is 5.34. The van der Waals surface area contributed by atoms with Gasteiger partial charge in [0.2, 0.25) is 0 Å². The second kappa shape index (κ2) is 10.9. The molecule has 0 aliphatic carbocycles. The van der Waals surface area contributed by atoms with E-state index in [4.69, 9.17) is 14.8 Å². The van der Waals surface area contributed by atoms with Crippen LogP contribution in [0.5, 0.6) is 0 Å². The Labute approximate surface area is 144 Å². The number of hydrogen-bond acceptors (Lipinski definition) is 4. The molecule has 0 spiro atoms. The average Bonchev–Trinajstić information content (AvgIpc) is 2.45. The van der Waals surface area contributed by atoms with Crippen molar-refractivity contribution in [3.63, 3.8) is 0 Å². The molecule has 0 unspecified atom stereocenters. The fourth-order valence-electron chi connectivity index (χ4n) is 1.71. The number of halogens is 1. The predicted octanol–water partition coefficient (Wildman–Crippen LogP) is 4.47. The molecular formula is C17H25ClN2O3. The third-order valence-corrected chi connectivity index (χ3v) is 2.73. The van der Waals surface area contributed by atoms with Crippen LogP contribution in [0.25, 0.3) is 0 Å². The molecule has 0 aromatic heterocycles. The fraction of sp³-hybridized carbons (Fsp3) is 0.529. The number of rotatable bonds is 7. The zero-order chi connectivity index (χ0) is 16.4. The number of nitrogens with zero attached hydrogens (tertiary/aromatic N) is 2. The van der Waals surface area contributed by atoms with Crippen LogP contribution in [0.4, 0.5) is 4.79 Å². The number of ether oxygens (including phenoxy) is 1. The normalized spacial score (nSPS) is 10.3. The molecule has 0 aliphatic rings. The van der Waals surface area contributed by atoms with E-state index in [1.54, 1.807) is 0 Å². The first-order valence-corrected chi connectivity index (χ1v) is 7.46.